The SMILES string of the molecule is CCCCCCCCCCCCCCCCn1c(O)ccc1O. The maximum atomic E-state index is 9.54. The average Bonchev–Trinajstić information content (AvgIpc) is 2.86. The predicted octanol–water partition coefficient (Wildman–Crippen LogP) is 6.38. The molecule has 0 aromatic carbocycles. The topological polar surface area (TPSA) is 45.4 Å². The van der Waals surface area contributed by atoms with E-state index in [4.69, 9.17) is 0 Å². The fourth-order valence-electron chi connectivity index (χ4n) is 3.14. The molecule has 23 heavy (non-hydrogen) atoms. The Hall–Kier alpha value is -1.12. The van der Waals surface area contributed by atoms with Crippen LogP contribution in [0.15, 0.2) is 12.1 Å². The van der Waals surface area contributed by atoms with Gasteiger partial charge in [0.2, 0.25) is 0 Å². The normalized spacial score (nSPS) is 11.2. The second-order valence-corrected chi connectivity index (χ2v) is 6.80. The fraction of sp³-hybridized carbons (Fsp3) is 0.800. The minimum atomic E-state index is 0.164. The van der Waals surface area contributed by atoms with Crippen molar-refractivity contribution in [2.45, 2.75) is 103 Å². The first-order valence-corrected chi connectivity index (χ1v) is 9.83. The molecule has 0 amide bonds. The first-order chi connectivity index (χ1) is 11.3. The van der Waals surface area contributed by atoms with Crippen LogP contribution in [-0.4, -0.2) is 14.8 Å². The first kappa shape index (κ1) is 19.9. The van der Waals surface area contributed by atoms with Crippen LogP contribution in [0.4, 0.5) is 0 Å². The second-order valence-electron chi connectivity index (χ2n) is 6.80. The number of hydrogen-bond donors (Lipinski definition) is 2. The summed E-state index contributed by atoms with van der Waals surface area (Å²) in [5.41, 5.74) is 0. The second kappa shape index (κ2) is 13.3. The molecule has 0 aliphatic heterocycles. The van der Waals surface area contributed by atoms with E-state index in [2.05, 4.69) is 6.92 Å². The van der Waals surface area contributed by atoms with Crippen molar-refractivity contribution in [1.29, 1.82) is 0 Å². The van der Waals surface area contributed by atoms with Gasteiger partial charge in [-0.3, -0.25) is 4.57 Å². The van der Waals surface area contributed by atoms with Crippen LogP contribution >= 0.6 is 0 Å². The Morgan fingerprint density at radius 3 is 1.35 bits per heavy atom. The summed E-state index contributed by atoms with van der Waals surface area (Å²) in [6, 6.07) is 3.08. The van der Waals surface area contributed by atoms with Gasteiger partial charge in [-0.15, -0.1) is 0 Å². The Kier molecular flexibility index (Phi) is 11.5. The van der Waals surface area contributed by atoms with Gasteiger partial charge in [-0.25, -0.2) is 0 Å². The number of rotatable bonds is 15. The smallest absolute Gasteiger partial charge is 0.193 e. The zero-order valence-electron chi connectivity index (χ0n) is 15.1. The highest BCUT2D eigenvalue weighted by Gasteiger charge is 2.04. The van der Waals surface area contributed by atoms with E-state index in [9.17, 15) is 10.2 Å². The van der Waals surface area contributed by atoms with Crippen LogP contribution < -0.4 is 0 Å². The lowest BCUT2D eigenvalue weighted by Crippen LogP contribution is -1.96. The minimum absolute atomic E-state index is 0.164. The van der Waals surface area contributed by atoms with Crippen molar-refractivity contribution in [3.05, 3.63) is 12.1 Å². The van der Waals surface area contributed by atoms with Gasteiger partial charge in [-0.05, 0) is 6.42 Å². The molecular weight excluding hydrogens is 286 g/mol. The molecule has 2 N–H and O–H groups in total. The van der Waals surface area contributed by atoms with E-state index in [1.165, 1.54) is 83.5 Å². The van der Waals surface area contributed by atoms with Crippen LogP contribution in [0.1, 0.15) is 96.8 Å². The van der Waals surface area contributed by atoms with E-state index in [0.717, 1.165) is 6.42 Å². The van der Waals surface area contributed by atoms with Crippen molar-refractivity contribution in [2.24, 2.45) is 0 Å². The van der Waals surface area contributed by atoms with Gasteiger partial charge in [0, 0.05) is 18.7 Å². The molecule has 0 atom stereocenters. The van der Waals surface area contributed by atoms with E-state index in [1.54, 1.807) is 16.7 Å². The van der Waals surface area contributed by atoms with Crippen molar-refractivity contribution in [3.8, 4) is 11.8 Å². The summed E-state index contributed by atoms with van der Waals surface area (Å²) in [5, 5.41) is 19.1. The standard InChI is InChI=1S/C20H37NO2/c1-2-3-4-5-6-7-8-9-10-11-12-13-14-15-18-21-19(22)16-17-20(21)23/h16-17,22-23H,2-15,18H2,1H3. The Morgan fingerprint density at radius 2 is 0.957 bits per heavy atom. The maximum Gasteiger partial charge on any atom is 0.193 e. The van der Waals surface area contributed by atoms with Gasteiger partial charge < -0.3 is 10.2 Å². The molecule has 0 aliphatic carbocycles. The van der Waals surface area contributed by atoms with E-state index >= 15 is 0 Å². The van der Waals surface area contributed by atoms with E-state index in [-0.39, 0.29) is 11.8 Å². The van der Waals surface area contributed by atoms with E-state index in [0.29, 0.717) is 6.54 Å². The third-order valence-corrected chi connectivity index (χ3v) is 4.67. The summed E-state index contributed by atoms with van der Waals surface area (Å²) in [7, 11) is 0. The Morgan fingerprint density at radius 1 is 0.609 bits per heavy atom. The van der Waals surface area contributed by atoms with E-state index < -0.39 is 0 Å². The van der Waals surface area contributed by atoms with Crippen molar-refractivity contribution in [2.75, 3.05) is 0 Å². The van der Waals surface area contributed by atoms with Crippen LogP contribution in [0.5, 0.6) is 11.8 Å². The lowest BCUT2D eigenvalue weighted by molar-refractivity contribution is 0.361. The highest BCUT2D eigenvalue weighted by atomic mass is 16.3. The molecule has 1 heterocycles. The third kappa shape index (κ3) is 9.58. The van der Waals surface area contributed by atoms with Crippen LogP contribution in [0.3, 0.4) is 0 Å². The summed E-state index contributed by atoms with van der Waals surface area (Å²) in [6.45, 7) is 2.98. The zero-order valence-corrected chi connectivity index (χ0v) is 15.1. The van der Waals surface area contributed by atoms with Gasteiger partial charge in [0.1, 0.15) is 0 Å². The van der Waals surface area contributed by atoms with Crippen LogP contribution in [-0.2, 0) is 6.54 Å². The molecule has 1 aromatic rings. The lowest BCUT2D eigenvalue weighted by Gasteiger charge is -2.06. The molecule has 0 fully saturated rings. The van der Waals surface area contributed by atoms with Crippen molar-refractivity contribution >= 4 is 0 Å². The molecule has 0 bridgehead atoms. The largest absolute Gasteiger partial charge is 0.494 e. The highest BCUT2D eigenvalue weighted by molar-refractivity contribution is 5.23. The highest BCUT2D eigenvalue weighted by Crippen LogP contribution is 2.22. The average molecular weight is 324 g/mol. The molecule has 0 aliphatic rings. The van der Waals surface area contributed by atoms with Crippen molar-refractivity contribution < 1.29 is 10.2 Å². The predicted molar refractivity (Wildman–Crippen MR) is 98.1 cm³/mol. The molecule has 0 unspecified atom stereocenters. The molecule has 0 spiro atoms. The minimum Gasteiger partial charge on any atom is -0.494 e. The van der Waals surface area contributed by atoms with Crippen LogP contribution in [0, 0.1) is 0 Å². The summed E-state index contributed by atoms with van der Waals surface area (Å²) in [6.07, 6.45) is 18.8. The van der Waals surface area contributed by atoms with Gasteiger partial charge in [-0.1, -0.05) is 90.4 Å². The number of unbranched alkanes of at least 4 members (excludes halogenated alkanes) is 13. The fourth-order valence-corrected chi connectivity index (χ4v) is 3.14. The van der Waals surface area contributed by atoms with E-state index in [1.807, 2.05) is 0 Å². The first-order valence-electron chi connectivity index (χ1n) is 9.83. The van der Waals surface area contributed by atoms with Crippen LogP contribution in [0.2, 0.25) is 0 Å². The van der Waals surface area contributed by atoms with Gasteiger partial charge in [0.15, 0.2) is 11.8 Å². The summed E-state index contributed by atoms with van der Waals surface area (Å²) < 4.78 is 1.57. The molecule has 0 saturated carbocycles. The molecular formula is C20H37NO2. The molecule has 1 rings (SSSR count). The summed E-state index contributed by atoms with van der Waals surface area (Å²) in [5.74, 6) is 0.328. The molecule has 0 saturated heterocycles. The number of hydrogen-bond acceptors (Lipinski definition) is 2. The van der Waals surface area contributed by atoms with Gasteiger partial charge >= 0.3 is 0 Å². The Labute approximate surface area is 142 Å². The lowest BCUT2D eigenvalue weighted by atomic mass is 10.0. The van der Waals surface area contributed by atoms with Gasteiger partial charge in [0.05, 0.1) is 0 Å². The zero-order chi connectivity index (χ0) is 16.8. The number of aromatic nitrogens is 1. The Bertz CT molecular complexity index is 367. The quantitative estimate of drug-likeness (QED) is 0.368. The van der Waals surface area contributed by atoms with Gasteiger partial charge in [0.25, 0.3) is 0 Å². The van der Waals surface area contributed by atoms with Gasteiger partial charge in [-0.2, -0.15) is 0 Å². The maximum absolute atomic E-state index is 9.54. The molecule has 0 radical (unpaired) electrons. The molecule has 1 aromatic heterocycles. The number of aromatic hydroxyl groups is 2. The third-order valence-electron chi connectivity index (χ3n) is 4.67. The monoisotopic (exact) mass is 323 g/mol. The Balaban J connectivity index is 1.80. The molecule has 3 heteroatoms. The summed E-state index contributed by atoms with van der Waals surface area (Å²) >= 11 is 0. The van der Waals surface area contributed by atoms with Crippen LogP contribution in [0.25, 0.3) is 0 Å². The van der Waals surface area contributed by atoms with Crippen molar-refractivity contribution in [1.82, 2.24) is 4.57 Å². The molecule has 134 valence electrons. The molecule has 3 nitrogen and oxygen atoms in total. The van der Waals surface area contributed by atoms with Crippen molar-refractivity contribution in [3.63, 3.8) is 0 Å². The number of nitrogens with zero attached hydrogens (tertiary/aromatic N) is 1. The summed E-state index contributed by atoms with van der Waals surface area (Å²) in [4.78, 5) is 0.